The van der Waals surface area contributed by atoms with Crippen LogP contribution in [0.1, 0.15) is 10.4 Å². The number of aliphatic hydroxyl groups is 1. The minimum atomic E-state index is -0.522. The molecule has 1 amide bonds. The van der Waals surface area contributed by atoms with E-state index in [0.717, 1.165) is 0 Å². The van der Waals surface area contributed by atoms with Crippen molar-refractivity contribution in [2.75, 3.05) is 20.1 Å². The summed E-state index contributed by atoms with van der Waals surface area (Å²) >= 11 is 5.98. The van der Waals surface area contributed by atoms with E-state index in [0.29, 0.717) is 23.7 Å². The number of rotatable bonds is 2. The Morgan fingerprint density at radius 1 is 1.47 bits per heavy atom. The van der Waals surface area contributed by atoms with Crippen molar-refractivity contribution in [3.8, 4) is 0 Å². The zero-order valence-corrected chi connectivity index (χ0v) is 10.3. The minimum Gasteiger partial charge on any atom is -0.390 e. The number of β-amino-alcohol motifs (C(OH)–C–C–N with tert-alkyl or cyclic N) is 1. The Morgan fingerprint density at radius 3 is 2.76 bits per heavy atom. The topological polar surface area (TPSA) is 52.6 Å². The summed E-state index contributed by atoms with van der Waals surface area (Å²) in [5.74, 6) is -0.164. The first kappa shape index (κ1) is 12.4. The van der Waals surface area contributed by atoms with Gasteiger partial charge >= 0.3 is 0 Å². The lowest BCUT2D eigenvalue weighted by Gasteiger charge is -2.26. The Balaban J connectivity index is 2.17. The van der Waals surface area contributed by atoms with Gasteiger partial charge in [0, 0.05) is 20.1 Å². The first-order valence-electron chi connectivity index (χ1n) is 5.51. The molecule has 1 aliphatic rings. The highest BCUT2D eigenvalue weighted by atomic mass is 35.5. The van der Waals surface area contributed by atoms with Crippen LogP contribution >= 0.6 is 11.6 Å². The van der Waals surface area contributed by atoms with Crippen LogP contribution in [0.3, 0.4) is 0 Å². The molecular formula is C12H15ClN2O2. The first-order chi connectivity index (χ1) is 8.11. The molecule has 1 aliphatic heterocycles. The van der Waals surface area contributed by atoms with Gasteiger partial charge in [-0.05, 0) is 12.1 Å². The van der Waals surface area contributed by atoms with Crippen LogP contribution in [0.15, 0.2) is 24.3 Å². The summed E-state index contributed by atoms with van der Waals surface area (Å²) in [5, 5.41) is 13.2. The summed E-state index contributed by atoms with van der Waals surface area (Å²) in [6.07, 6.45) is -0.522. The molecule has 0 spiro atoms. The average Bonchev–Trinajstić information content (AvgIpc) is 2.74. The van der Waals surface area contributed by atoms with Gasteiger partial charge in [0.25, 0.3) is 5.91 Å². The van der Waals surface area contributed by atoms with Gasteiger partial charge in [-0.1, -0.05) is 23.7 Å². The molecule has 2 rings (SSSR count). The van der Waals surface area contributed by atoms with Crippen molar-refractivity contribution in [2.24, 2.45) is 0 Å². The van der Waals surface area contributed by atoms with Crippen molar-refractivity contribution < 1.29 is 9.90 Å². The fourth-order valence-electron chi connectivity index (χ4n) is 2.02. The van der Waals surface area contributed by atoms with Crippen LogP contribution in [0.5, 0.6) is 0 Å². The number of likely N-dealkylation sites (N-methyl/N-ethyl adjacent to an activating group) is 1. The predicted molar refractivity (Wildman–Crippen MR) is 66.2 cm³/mol. The van der Waals surface area contributed by atoms with Crippen molar-refractivity contribution in [3.05, 3.63) is 34.9 Å². The van der Waals surface area contributed by atoms with Gasteiger partial charge in [0.05, 0.1) is 22.7 Å². The molecule has 0 saturated carbocycles. The SMILES string of the molecule is CN(C(=O)c1ccccc1Cl)[C@@H]1CNC[C@H]1O. The minimum absolute atomic E-state index is 0.164. The van der Waals surface area contributed by atoms with Gasteiger partial charge in [-0.3, -0.25) is 4.79 Å². The molecule has 0 aliphatic carbocycles. The van der Waals surface area contributed by atoms with E-state index in [-0.39, 0.29) is 11.9 Å². The van der Waals surface area contributed by atoms with Gasteiger partial charge in [-0.25, -0.2) is 0 Å². The summed E-state index contributed by atoms with van der Waals surface area (Å²) in [6.45, 7) is 1.12. The molecule has 2 atom stereocenters. The molecule has 1 fully saturated rings. The van der Waals surface area contributed by atoms with Gasteiger partial charge in [-0.2, -0.15) is 0 Å². The maximum absolute atomic E-state index is 12.2. The molecule has 0 bridgehead atoms. The third kappa shape index (κ3) is 2.44. The number of nitrogens with one attached hydrogen (secondary N) is 1. The Hall–Kier alpha value is -1.10. The molecule has 1 aromatic rings. The van der Waals surface area contributed by atoms with Crippen LogP contribution in [0.2, 0.25) is 5.02 Å². The van der Waals surface area contributed by atoms with Crippen LogP contribution in [-0.2, 0) is 0 Å². The van der Waals surface area contributed by atoms with E-state index in [9.17, 15) is 9.90 Å². The highest BCUT2D eigenvalue weighted by Gasteiger charge is 2.31. The Kier molecular flexibility index (Phi) is 3.66. The molecule has 4 nitrogen and oxygen atoms in total. The summed E-state index contributed by atoms with van der Waals surface area (Å²) in [7, 11) is 1.69. The third-order valence-electron chi connectivity index (χ3n) is 3.07. The van der Waals surface area contributed by atoms with Gasteiger partial charge in [0.15, 0.2) is 0 Å². The molecule has 17 heavy (non-hydrogen) atoms. The molecule has 0 radical (unpaired) electrons. The second-order valence-corrected chi connectivity index (χ2v) is 4.60. The first-order valence-corrected chi connectivity index (χ1v) is 5.89. The van der Waals surface area contributed by atoms with Crippen molar-refractivity contribution >= 4 is 17.5 Å². The fourth-order valence-corrected chi connectivity index (χ4v) is 2.24. The summed E-state index contributed by atoms with van der Waals surface area (Å²) in [5.41, 5.74) is 0.468. The number of benzene rings is 1. The largest absolute Gasteiger partial charge is 0.390 e. The smallest absolute Gasteiger partial charge is 0.255 e. The highest BCUT2D eigenvalue weighted by molar-refractivity contribution is 6.33. The second kappa shape index (κ2) is 5.04. The van der Waals surface area contributed by atoms with Gasteiger partial charge in [-0.15, -0.1) is 0 Å². The van der Waals surface area contributed by atoms with E-state index in [4.69, 9.17) is 11.6 Å². The number of nitrogens with zero attached hydrogens (tertiary/aromatic N) is 1. The van der Waals surface area contributed by atoms with Gasteiger partial charge in [0.2, 0.25) is 0 Å². The molecule has 2 N–H and O–H groups in total. The number of amides is 1. The molecule has 1 saturated heterocycles. The molecule has 0 unspecified atom stereocenters. The highest BCUT2D eigenvalue weighted by Crippen LogP contribution is 2.19. The standard InChI is InChI=1S/C12H15ClN2O2/c1-15(10-6-14-7-11(10)16)12(17)8-4-2-3-5-9(8)13/h2-5,10-11,14,16H,6-7H2,1H3/t10-,11-/m1/s1. The number of carbonyl (C=O) groups is 1. The Morgan fingerprint density at radius 2 is 2.18 bits per heavy atom. The third-order valence-corrected chi connectivity index (χ3v) is 3.40. The van der Waals surface area contributed by atoms with Crippen molar-refractivity contribution in [1.82, 2.24) is 10.2 Å². The summed E-state index contributed by atoms with van der Waals surface area (Å²) in [4.78, 5) is 13.7. The monoisotopic (exact) mass is 254 g/mol. The Labute approximate surface area is 105 Å². The number of hydrogen-bond donors (Lipinski definition) is 2. The molecule has 0 aromatic heterocycles. The fraction of sp³-hybridized carbons (Fsp3) is 0.417. The molecule has 1 heterocycles. The number of carbonyl (C=O) groups excluding carboxylic acids is 1. The van der Waals surface area contributed by atoms with E-state index >= 15 is 0 Å². The van der Waals surface area contributed by atoms with E-state index in [1.165, 1.54) is 0 Å². The van der Waals surface area contributed by atoms with Crippen LogP contribution in [0.25, 0.3) is 0 Å². The summed E-state index contributed by atoms with van der Waals surface area (Å²) in [6, 6.07) is 6.74. The quantitative estimate of drug-likeness (QED) is 0.819. The van der Waals surface area contributed by atoms with Crippen LogP contribution < -0.4 is 5.32 Å². The number of halogens is 1. The Bertz CT molecular complexity index is 425. The summed E-state index contributed by atoms with van der Waals surface area (Å²) < 4.78 is 0. The second-order valence-electron chi connectivity index (χ2n) is 4.19. The maximum Gasteiger partial charge on any atom is 0.255 e. The van der Waals surface area contributed by atoms with Crippen LogP contribution in [0.4, 0.5) is 0 Å². The predicted octanol–water partition coefficient (Wildman–Crippen LogP) is 0.745. The molecule has 5 heteroatoms. The number of hydrogen-bond acceptors (Lipinski definition) is 3. The normalized spacial score (nSPS) is 23.7. The van der Waals surface area contributed by atoms with Crippen molar-refractivity contribution in [3.63, 3.8) is 0 Å². The van der Waals surface area contributed by atoms with Crippen LogP contribution in [0, 0.1) is 0 Å². The van der Waals surface area contributed by atoms with E-state index in [2.05, 4.69) is 5.32 Å². The lowest BCUT2D eigenvalue weighted by Crippen LogP contribution is -2.44. The van der Waals surface area contributed by atoms with Crippen LogP contribution in [-0.4, -0.2) is 48.2 Å². The molecule has 1 aromatic carbocycles. The molecule has 92 valence electrons. The van der Waals surface area contributed by atoms with Gasteiger partial charge < -0.3 is 15.3 Å². The lowest BCUT2D eigenvalue weighted by molar-refractivity contribution is 0.0581. The van der Waals surface area contributed by atoms with Crippen molar-refractivity contribution in [2.45, 2.75) is 12.1 Å². The van der Waals surface area contributed by atoms with Crippen molar-refractivity contribution in [1.29, 1.82) is 0 Å². The number of aliphatic hydroxyl groups excluding tert-OH is 1. The molecular weight excluding hydrogens is 240 g/mol. The average molecular weight is 255 g/mol. The zero-order valence-electron chi connectivity index (χ0n) is 9.56. The van der Waals surface area contributed by atoms with Gasteiger partial charge in [0.1, 0.15) is 0 Å². The van der Waals surface area contributed by atoms with E-state index < -0.39 is 6.10 Å². The van der Waals surface area contributed by atoms with E-state index in [1.807, 2.05) is 0 Å². The van der Waals surface area contributed by atoms with E-state index in [1.54, 1.807) is 36.2 Å². The zero-order chi connectivity index (χ0) is 12.4. The maximum atomic E-state index is 12.2. The lowest BCUT2D eigenvalue weighted by atomic mass is 10.1.